The van der Waals surface area contributed by atoms with Gasteiger partial charge in [0.2, 0.25) is 0 Å². The van der Waals surface area contributed by atoms with E-state index in [1.54, 1.807) is 24.8 Å². The van der Waals surface area contributed by atoms with Gasteiger partial charge >= 0.3 is 34.2 Å². The van der Waals surface area contributed by atoms with Crippen LogP contribution in [0.2, 0.25) is 0 Å². The molecular formula is C68H60N4O6Si4. The van der Waals surface area contributed by atoms with Crippen molar-refractivity contribution in [1.82, 2.24) is 19.9 Å². The van der Waals surface area contributed by atoms with Crippen molar-refractivity contribution >= 4 is 75.7 Å². The van der Waals surface area contributed by atoms with Gasteiger partial charge in [0.1, 0.15) is 0 Å². The Morgan fingerprint density at radius 1 is 0.183 bits per heavy atom. The van der Waals surface area contributed by atoms with E-state index in [2.05, 4.69) is 19.9 Å². The molecule has 0 atom stereocenters. The van der Waals surface area contributed by atoms with E-state index < -0.39 is 34.2 Å². The number of rotatable bonds is 14. The second-order valence-corrected chi connectivity index (χ2v) is 30.0. The summed E-state index contributed by atoms with van der Waals surface area (Å²) in [6.45, 7) is 0. The first-order valence-electron chi connectivity index (χ1n) is 26.6. The maximum absolute atomic E-state index is 12.0. The molecule has 4 N–H and O–H groups in total. The second kappa shape index (κ2) is 28.4. The number of hydrogen-bond donors (Lipinski definition) is 4. The Balaban J connectivity index is 0.000000142. The Hall–Kier alpha value is -9.01. The van der Waals surface area contributed by atoms with Crippen molar-refractivity contribution < 1.29 is 27.4 Å². The maximum Gasteiger partial charge on any atom is 0.396 e. The lowest BCUT2D eigenvalue weighted by molar-refractivity contribution is 0.345. The van der Waals surface area contributed by atoms with Crippen molar-refractivity contribution in [2.24, 2.45) is 0 Å². The van der Waals surface area contributed by atoms with E-state index in [0.29, 0.717) is 41.5 Å². The van der Waals surface area contributed by atoms with Gasteiger partial charge < -0.3 is 27.4 Å². The van der Waals surface area contributed by atoms with Crippen LogP contribution in [0.25, 0.3) is 22.8 Å². The van der Waals surface area contributed by atoms with E-state index in [0.717, 1.165) is 22.8 Å². The predicted molar refractivity (Wildman–Crippen MR) is 338 cm³/mol. The molecule has 0 amide bonds. The molecule has 12 rings (SSSR count). The van der Waals surface area contributed by atoms with Crippen molar-refractivity contribution in [3.8, 4) is 22.8 Å². The quantitative estimate of drug-likeness (QED) is 0.0819. The zero-order valence-electron chi connectivity index (χ0n) is 44.7. The Morgan fingerprint density at radius 3 is 0.439 bits per heavy atom. The smallest absolute Gasteiger partial charge is 0.396 e. The number of hydrogen-bond acceptors (Lipinski definition) is 10. The zero-order valence-corrected chi connectivity index (χ0v) is 48.7. The Kier molecular flexibility index (Phi) is 20.0. The fourth-order valence-corrected chi connectivity index (χ4v) is 22.6. The van der Waals surface area contributed by atoms with Gasteiger partial charge in [0, 0.05) is 24.8 Å². The lowest BCUT2D eigenvalue weighted by atomic mass is 10.2. The van der Waals surface area contributed by atoms with Crippen LogP contribution >= 0.6 is 0 Å². The summed E-state index contributed by atoms with van der Waals surface area (Å²) >= 11 is 0. The summed E-state index contributed by atoms with van der Waals surface area (Å²) in [7, 11) is -14.8. The van der Waals surface area contributed by atoms with Gasteiger partial charge in [0.15, 0.2) is 0 Å². The minimum absolute atomic E-state index is 0.698. The average molecular weight is 1140 g/mol. The SMILES string of the molecule is O[Si](O[Si](O)(c1ccccc1)c1ccccc1)(c1ccccc1)c1ccccc1.O[Si](O[Si](O)(c1ccccc1)c1ccccc1)(c1ccccc1)c1ccccc1.c1ccc(-c2ccccn2)nc1.c1ccc(-c2ccccn2)nc1. The summed E-state index contributed by atoms with van der Waals surface area (Å²) in [5.41, 5.74) is 3.66. The van der Waals surface area contributed by atoms with E-state index in [9.17, 15) is 19.2 Å². The number of aromatic nitrogens is 4. The molecule has 0 saturated heterocycles. The molecule has 0 aliphatic rings. The van der Waals surface area contributed by atoms with E-state index in [4.69, 9.17) is 8.23 Å². The van der Waals surface area contributed by atoms with E-state index >= 15 is 0 Å². The van der Waals surface area contributed by atoms with Gasteiger partial charge in [-0.15, -0.1) is 0 Å². The molecule has 0 spiro atoms. The van der Waals surface area contributed by atoms with Gasteiger partial charge in [-0.05, 0) is 90.0 Å². The van der Waals surface area contributed by atoms with Crippen LogP contribution in [0, 0.1) is 0 Å². The van der Waals surface area contributed by atoms with Gasteiger partial charge in [-0.1, -0.05) is 267 Å². The highest BCUT2D eigenvalue weighted by Crippen LogP contribution is 2.17. The molecule has 8 aromatic carbocycles. The molecule has 10 nitrogen and oxygen atoms in total. The van der Waals surface area contributed by atoms with Crippen LogP contribution in [0.3, 0.4) is 0 Å². The molecule has 0 aliphatic carbocycles. The molecule has 404 valence electrons. The Morgan fingerprint density at radius 2 is 0.317 bits per heavy atom. The van der Waals surface area contributed by atoms with Crippen molar-refractivity contribution in [1.29, 1.82) is 0 Å². The molecule has 0 radical (unpaired) electrons. The van der Waals surface area contributed by atoms with E-state index in [1.165, 1.54) is 0 Å². The normalized spacial score (nSPS) is 11.3. The van der Waals surface area contributed by atoms with Gasteiger partial charge in [-0.3, -0.25) is 19.9 Å². The lowest BCUT2D eigenvalue weighted by Crippen LogP contribution is -2.73. The Labute approximate surface area is 483 Å². The molecular weight excluding hydrogens is 1080 g/mol. The molecule has 4 aromatic heterocycles. The molecule has 0 fully saturated rings. The largest absolute Gasteiger partial charge is 0.404 e. The summed E-state index contributed by atoms with van der Waals surface area (Å²) in [6, 6.07) is 98.3. The first-order valence-corrected chi connectivity index (χ1v) is 34.0. The third-order valence-corrected chi connectivity index (χ3v) is 26.7. The minimum Gasteiger partial charge on any atom is -0.404 e. The maximum atomic E-state index is 12.0. The molecule has 0 bridgehead atoms. The molecule has 4 heterocycles. The summed E-state index contributed by atoms with van der Waals surface area (Å²) < 4.78 is 13.1. The minimum atomic E-state index is -3.69. The second-order valence-electron chi connectivity index (χ2n) is 18.6. The van der Waals surface area contributed by atoms with Crippen LogP contribution in [-0.4, -0.2) is 73.4 Å². The number of nitrogens with zero attached hydrogens (tertiary/aromatic N) is 4. The number of benzene rings is 8. The van der Waals surface area contributed by atoms with Crippen LogP contribution in [0.1, 0.15) is 0 Å². The molecule has 0 aliphatic heterocycles. The summed E-state index contributed by atoms with van der Waals surface area (Å²) in [5, 5.41) is 5.59. The first-order chi connectivity index (χ1) is 40.2. The first kappa shape index (κ1) is 57.7. The fraction of sp³-hybridized carbons (Fsp3) is 0. The van der Waals surface area contributed by atoms with Gasteiger partial charge in [0.25, 0.3) is 0 Å². The van der Waals surface area contributed by atoms with Crippen LogP contribution in [0.15, 0.2) is 340 Å². The van der Waals surface area contributed by atoms with Crippen molar-refractivity contribution in [2.45, 2.75) is 0 Å². The topological polar surface area (TPSA) is 151 Å². The summed E-state index contributed by atoms with van der Waals surface area (Å²) in [6.07, 6.45) is 7.07. The summed E-state index contributed by atoms with van der Waals surface area (Å²) in [5.74, 6) is 0. The molecule has 0 saturated carbocycles. The van der Waals surface area contributed by atoms with E-state index in [1.807, 2.05) is 315 Å². The highest BCUT2D eigenvalue weighted by Gasteiger charge is 2.52. The van der Waals surface area contributed by atoms with Crippen LogP contribution in [0.5, 0.6) is 0 Å². The van der Waals surface area contributed by atoms with Gasteiger partial charge in [-0.25, -0.2) is 0 Å². The lowest BCUT2D eigenvalue weighted by Gasteiger charge is -2.35. The molecule has 82 heavy (non-hydrogen) atoms. The third-order valence-electron chi connectivity index (χ3n) is 13.1. The molecule has 14 heteroatoms. The highest BCUT2D eigenvalue weighted by molar-refractivity contribution is 7.04. The monoisotopic (exact) mass is 1140 g/mol. The van der Waals surface area contributed by atoms with Crippen LogP contribution in [0.4, 0.5) is 0 Å². The molecule has 12 aromatic rings. The highest BCUT2D eigenvalue weighted by atomic mass is 28.5. The standard InChI is InChI=1S/2C24H22O3Si2.2C10H8N2/c2*25-28(21-13-5-1-6-14-21,22-15-7-2-8-16-22)27-29(26,23-17-9-3-10-18-23)24-19-11-4-12-20-24;2*1-3-7-11-9(5-1)10-6-2-4-8-12-10/h2*1-20,25-26H;2*1-8H. The number of pyridine rings is 4. The average Bonchev–Trinajstić information content (AvgIpc) is 3.74. The van der Waals surface area contributed by atoms with Crippen LogP contribution < -0.4 is 41.5 Å². The van der Waals surface area contributed by atoms with Gasteiger partial charge in [-0.2, -0.15) is 0 Å². The third kappa shape index (κ3) is 14.5. The Bertz CT molecular complexity index is 3070. The van der Waals surface area contributed by atoms with Crippen LogP contribution in [-0.2, 0) is 8.23 Å². The zero-order chi connectivity index (χ0) is 56.8. The van der Waals surface area contributed by atoms with Crippen molar-refractivity contribution in [3.63, 3.8) is 0 Å². The molecule has 0 unspecified atom stereocenters. The fourth-order valence-electron chi connectivity index (χ4n) is 8.94. The van der Waals surface area contributed by atoms with Crippen molar-refractivity contribution in [3.05, 3.63) is 340 Å². The van der Waals surface area contributed by atoms with E-state index in [-0.39, 0.29) is 0 Å². The van der Waals surface area contributed by atoms with Crippen molar-refractivity contribution in [2.75, 3.05) is 0 Å². The summed E-state index contributed by atoms with van der Waals surface area (Å²) in [4.78, 5) is 64.8. The van der Waals surface area contributed by atoms with Gasteiger partial charge in [0.05, 0.1) is 22.8 Å². The predicted octanol–water partition coefficient (Wildman–Crippen LogP) is 7.29.